The summed E-state index contributed by atoms with van der Waals surface area (Å²) in [4.78, 5) is 22.4. The van der Waals surface area contributed by atoms with Crippen molar-refractivity contribution in [3.63, 3.8) is 0 Å². The number of halogens is 1. The van der Waals surface area contributed by atoms with Gasteiger partial charge in [0.25, 0.3) is 0 Å². The standard InChI is InChI=1S/C17H19BrN4O3/c1-17(2,3)25-16(23)22-8-9-24-14-12(10-13(18)21-15(14)22)20-11-4-6-19-7-5-11/h4-7,10H,8-9H2,1-3H3,(H,19,20,21). The van der Waals surface area contributed by atoms with E-state index in [2.05, 4.69) is 31.2 Å². The van der Waals surface area contributed by atoms with Crippen LogP contribution in [0.25, 0.3) is 0 Å². The third-order valence-corrected chi connectivity index (χ3v) is 3.72. The highest BCUT2D eigenvalue weighted by molar-refractivity contribution is 9.10. The number of carbonyl (C=O) groups excluding carboxylic acids is 1. The second kappa shape index (κ2) is 6.87. The minimum atomic E-state index is -0.584. The average molecular weight is 407 g/mol. The van der Waals surface area contributed by atoms with Gasteiger partial charge >= 0.3 is 6.09 Å². The molecule has 0 spiro atoms. The molecular formula is C17H19BrN4O3. The summed E-state index contributed by atoms with van der Waals surface area (Å²) >= 11 is 3.39. The summed E-state index contributed by atoms with van der Waals surface area (Å²) in [6.45, 7) is 6.23. The predicted octanol–water partition coefficient (Wildman–Crippen LogP) is 4.12. The number of carbonyl (C=O) groups is 1. The first-order valence-corrected chi connectivity index (χ1v) is 8.64. The summed E-state index contributed by atoms with van der Waals surface area (Å²) in [5, 5.41) is 3.27. The van der Waals surface area contributed by atoms with Crippen LogP contribution in [0.4, 0.5) is 22.0 Å². The van der Waals surface area contributed by atoms with Gasteiger partial charge in [-0.15, -0.1) is 0 Å². The van der Waals surface area contributed by atoms with E-state index in [1.807, 2.05) is 32.9 Å². The summed E-state index contributed by atoms with van der Waals surface area (Å²) in [7, 11) is 0. The van der Waals surface area contributed by atoms with Crippen LogP contribution in [0.5, 0.6) is 5.75 Å². The molecule has 3 rings (SSSR count). The molecule has 0 aromatic carbocycles. The number of nitrogens with zero attached hydrogens (tertiary/aromatic N) is 3. The van der Waals surface area contributed by atoms with Crippen molar-refractivity contribution in [3.05, 3.63) is 35.2 Å². The van der Waals surface area contributed by atoms with Gasteiger partial charge in [-0.3, -0.25) is 9.88 Å². The molecule has 0 saturated heterocycles. The number of ether oxygens (including phenoxy) is 2. The van der Waals surface area contributed by atoms with Crippen LogP contribution in [-0.4, -0.2) is 34.8 Å². The monoisotopic (exact) mass is 406 g/mol. The fourth-order valence-electron chi connectivity index (χ4n) is 2.34. The van der Waals surface area contributed by atoms with Gasteiger partial charge < -0.3 is 14.8 Å². The molecule has 0 fully saturated rings. The summed E-state index contributed by atoms with van der Waals surface area (Å²) in [6.07, 6.45) is 2.94. The molecule has 2 aromatic heterocycles. The van der Waals surface area contributed by atoms with Crippen molar-refractivity contribution < 1.29 is 14.3 Å². The van der Waals surface area contributed by atoms with Crippen LogP contribution in [-0.2, 0) is 4.74 Å². The molecule has 0 unspecified atom stereocenters. The van der Waals surface area contributed by atoms with E-state index in [0.29, 0.717) is 35.0 Å². The molecule has 132 valence electrons. The van der Waals surface area contributed by atoms with Crippen LogP contribution in [0.15, 0.2) is 35.2 Å². The van der Waals surface area contributed by atoms with Gasteiger partial charge in [-0.2, -0.15) is 0 Å². The largest absolute Gasteiger partial charge is 0.486 e. The van der Waals surface area contributed by atoms with Gasteiger partial charge in [0.05, 0.1) is 12.2 Å². The Balaban J connectivity index is 1.95. The number of aromatic nitrogens is 2. The Labute approximate surface area is 154 Å². The van der Waals surface area contributed by atoms with Crippen molar-refractivity contribution in [2.24, 2.45) is 0 Å². The number of pyridine rings is 2. The van der Waals surface area contributed by atoms with E-state index >= 15 is 0 Å². The van der Waals surface area contributed by atoms with E-state index in [0.717, 1.165) is 5.69 Å². The Hall–Kier alpha value is -2.35. The summed E-state index contributed by atoms with van der Waals surface area (Å²) in [5.74, 6) is 0.934. The maximum Gasteiger partial charge on any atom is 0.416 e. The lowest BCUT2D eigenvalue weighted by atomic mass is 10.2. The number of anilines is 3. The number of amides is 1. The molecule has 0 radical (unpaired) electrons. The molecular weight excluding hydrogens is 388 g/mol. The molecule has 25 heavy (non-hydrogen) atoms. The van der Waals surface area contributed by atoms with Gasteiger partial charge in [-0.1, -0.05) is 0 Å². The molecule has 0 atom stereocenters. The Morgan fingerprint density at radius 3 is 2.76 bits per heavy atom. The topological polar surface area (TPSA) is 76.6 Å². The lowest BCUT2D eigenvalue weighted by molar-refractivity contribution is 0.0566. The van der Waals surface area contributed by atoms with Crippen LogP contribution in [0.3, 0.4) is 0 Å². The maximum absolute atomic E-state index is 12.5. The van der Waals surface area contributed by atoms with E-state index in [4.69, 9.17) is 9.47 Å². The number of rotatable bonds is 2. The van der Waals surface area contributed by atoms with E-state index in [9.17, 15) is 4.79 Å². The molecule has 1 N–H and O–H groups in total. The number of hydrogen-bond acceptors (Lipinski definition) is 6. The molecule has 3 heterocycles. The number of nitrogens with one attached hydrogen (secondary N) is 1. The summed E-state index contributed by atoms with van der Waals surface area (Å²) in [5.41, 5.74) is 0.976. The zero-order valence-corrected chi connectivity index (χ0v) is 15.8. The van der Waals surface area contributed by atoms with Gasteiger partial charge in [-0.05, 0) is 54.9 Å². The predicted molar refractivity (Wildman–Crippen MR) is 98.5 cm³/mol. The molecule has 2 aromatic rings. The first-order chi connectivity index (χ1) is 11.8. The fraction of sp³-hybridized carbons (Fsp3) is 0.353. The zero-order chi connectivity index (χ0) is 18.0. The van der Waals surface area contributed by atoms with E-state index in [1.165, 1.54) is 4.90 Å². The minimum Gasteiger partial charge on any atom is -0.486 e. The molecule has 1 aliphatic rings. The highest BCUT2D eigenvalue weighted by Gasteiger charge is 2.31. The SMILES string of the molecule is CC(C)(C)OC(=O)N1CCOc2c(Nc3ccncc3)cc(Br)nc21. The van der Waals surface area contributed by atoms with E-state index < -0.39 is 11.7 Å². The first kappa shape index (κ1) is 17.5. The van der Waals surface area contributed by atoms with Crippen molar-refractivity contribution >= 4 is 39.2 Å². The second-order valence-electron chi connectivity index (χ2n) is 6.49. The Bertz CT molecular complexity index is 777. The van der Waals surface area contributed by atoms with E-state index in [-0.39, 0.29) is 0 Å². The molecule has 1 amide bonds. The van der Waals surface area contributed by atoms with Gasteiger partial charge in [0, 0.05) is 18.1 Å². The molecule has 7 nitrogen and oxygen atoms in total. The second-order valence-corrected chi connectivity index (χ2v) is 7.30. The molecule has 0 bridgehead atoms. The highest BCUT2D eigenvalue weighted by atomic mass is 79.9. The number of fused-ring (bicyclic) bond motifs is 1. The van der Waals surface area contributed by atoms with Crippen molar-refractivity contribution in [2.45, 2.75) is 26.4 Å². The van der Waals surface area contributed by atoms with Crippen LogP contribution >= 0.6 is 15.9 Å². The Morgan fingerprint density at radius 1 is 1.36 bits per heavy atom. The molecule has 1 aliphatic heterocycles. The lowest BCUT2D eigenvalue weighted by Gasteiger charge is -2.31. The number of hydrogen-bond donors (Lipinski definition) is 1. The van der Waals surface area contributed by atoms with E-state index in [1.54, 1.807) is 18.5 Å². The quantitative estimate of drug-likeness (QED) is 0.755. The van der Waals surface area contributed by atoms with Crippen molar-refractivity contribution in [1.82, 2.24) is 9.97 Å². The van der Waals surface area contributed by atoms with Crippen molar-refractivity contribution in [3.8, 4) is 5.75 Å². The van der Waals surface area contributed by atoms with Gasteiger partial charge in [-0.25, -0.2) is 9.78 Å². The summed E-state index contributed by atoms with van der Waals surface area (Å²) < 4.78 is 11.8. The zero-order valence-electron chi connectivity index (χ0n) is 14.2. The highest BCUT2D eigenvalue weighted by Crippen LogP contribution is 2.40. The third-order valence-electron chi connectivity index (χ3n) is 3.31. The molecule has 8 heteroatoms. The Morgan fingerprint density at radius 2 is 2.08 bits per heavy atom. The summed E-state index contributed by atoms with van der Waals surface area (Å²) in [6, 6.07) is 5.49. The van der Waals surface area contributed by atoms with Crippen molar-refractivity contribution in [1.29, 1.82) is 0 Å². The lowest BCUT2D eigenvalue weighted by Crippen LogP contribution is -2.42. The van der Waals surface area contributed by atoms with Crippen LogP contribution < -0.4 is 15.0 Å². The average Bonchev–Trinajstić information content (AvgIpc) is 2.53. The Kier molecular flexibility index (Phi) is 4.80. The van der Waals surface area contributed by atoms with Crippen molar-refractivity contribution in [2.75, 3.05) is 23.4 Å². The van der Waals surface area contributed by atoms with Crippen LogP contribution in [0, 0.1) is 0 Å². The van der Waals surface area contributed by atoms with Gasteiger partial charge in [0.2, 0.25) is 0 Å². The maximum atomic E-state index is 12.5. The molecule has 0 aliphatic carbocycles. The first-order valence-electron chi connectivity index (χ1n) is 7.84. The fourth-order valence-corrected chi connectivity index (χ4v) is 2.73. The van der Waals surface area contributed by atoms with Crippen LogP contribution in [0.1, 0.15) is 20.8 Å². The normalized spacial score (nSPS) is 13.7. The van der Waals surface area contributed by atoms with Crippen LogP contribution in [0.2, 0.25) is 0 Å². The smallest absolute Gasteiger partial charge is 0.416 e. The van der Waals surface area contributed by atoms with Gasteiger partial charge in [0.15, 0.2) is 11.6 Å². The van der Waals surface area contributed by atoms with Gasteiger partial charge in [0.1, 0.15) is 16.8 Å². The molecule has 0 saturated carbocycles. The minimum absolute atomic E-state index is 0.362. The third kappa shape index (κ3) is 4.19.